The Hall–Kier alpha value is -2.94. The molecule has 0 amide bonds. The molecule has 0 spiro atoms. The summed E-state index contributed by atoms with van der Waals surface area (Å²) in [6.45, 7) is 12.2. The number of esters is 3. The predicted molar refractivity (Wildman–Crippen MR) is 130 cm³/mol. The van der Waals surface area contributed by atoms with Gasteiger partial charge in [0.1, 0.15) is 11.6 Å². The van der Waals surface area contributed by atoms with Crippen molar-refractivity contribution in [3.05, 3.63) is 23.8 Å². The van der Waals surface area contributed by atoms with Crippen LogP contribution < -0.4 is 15.2 Å². The second-order valence-electron chi connectivity index (χ2n) is 10.0. The molecule has 0 aliphatic heterocycles. The maximum atomic E-state index is 12.2. The molecule has 0 heterocycles. The van der Waals surface area contributed by atoms with E-state index in [2.05, 4.69) is 0 Å². The largest absolute Gasteiger partial charge is 0.480 e. The number of carbonyl (C=O) groups excluding carboxylic acids is 3. The third-order valence-corrected chi connectivity index (χ3v) is 5.23. The lowest BCUT2D eigenvalue weighted by atomic mass is 9.86. The van der Waals surface area contributed by atoms with Gasteiger partial charge in [0, 0.05) is 19.3 Å². The quantitative estimate of drug-likeness (QED) is 0.309. The first-order chi connectivity index (χ1) is 16.1. The van der Waals surface area contributed by atoms with E-state index in [4.69, 9.17) is 19.9 Å². The van der Waals surface area contributed by atoms with Crippen molar-refractivity contribution in [2.24, 2.45) is 23.5 Å². The molecule has 0 saturated heterocycles. The molecule has 0 bridgehead atoms. The van der Waals surface area contributed by atoms with Crippen LogP contribution in [0.1, 0.15) is 73.3 Å². The highest BCUT2D eigenvalue weighted by Crippen LogP contribution is 2.32. The van der Waals surface area contributed by atoms with E-state index in [1.807, 2.05) is 13.8 Å². The lowest BCUT2D eigenvalue weighted by Crippen LogP contribution is -2.52. The van der Waals surface area contributed by atoms with Crippen molar-refractivity contribution in [1.29, 1.82) is 0 Å². The molecule has 35 heavy (non-hydrogen) atoms. The summed E-state index contributed by atoms with van der Waals surface area (Å²) in [6, 6.07) is 4.43. The SMILES string of the molecule is CC(C)CCC(=O)O[C@@H](C)CC(N)(Cc1ccc(OC(=O)C(C)C)c(OC(=O)C(C)C)c1)C(=O)O. The number of carboxylic acids is 1. The second kappa shape index (κ2) is 13.2. The van der Waals surface area contributed by atoms with Crippen LogP contribution in [0.25, 0.3) is 0 Å². The molecule has 1 aromatic carbocycles. The van der Waals surface area contributed by atoms with Gasteiger partial charge in [-0.3, -0.25) is 19.2 Å². The van der Waals surface area contributed by atoms with Crippen LogP contribution >= 0.6 is 0 Å². The standard InChI is InChI=1S/C26H39NO8/c1-15(2)8-11-22(28)33-18(7)13-26(27,25(31)32)14-19-9-10-20(34-23(29)16(3)4)21(12-19)35-24(30)17(5)6/h9-10,12,15-18H,8,11,13-14,27H2,1-7H3,(H,31,32)/t18-,26?/m0/s1. The molecule has 9 heteroatoms. The minimum Gasteiger partial charge on any atom is -0.480 e. The van der Waals surface area contributed by atoms with Gasteiger partial charge in [-0.05, 0) is 37.0 Å². The first kappa shape index (κ1) is 30.1. The summed E-state index contributed by atoms with van der Waals surface area (Å²) in [4.78, 5) is 48.4. The van der Waals surface area contributed by atoms with E-state index in [9.17, 15) is 24.3 Å². The minimum absolute atomic E-state index is 0.00361. The average molecular weight is 494 g/mol. The molecular formula is C26H39NO8. The van der Waals surface area contributed by atoms with E-state index in [1.54, 1.807) is 40.7 Å². The number of aliphatic carboxylic acids is 1. The molecule has 0 fully saturated rings. The predicted octanol–water partition coefficient (Wildman–Crippen LogP) is 3.89. The summed E-state index contributed by atoms with van der Waals surface area (Å²) in [6.07, 6.45) is -0.0697. The lowest BCUT2D eigenvalue weighted by molar-refractivity contribution is -0.153. The summed E-state index contributed by atoms with van der Waals surface area (Å²) >= 11 is 0. The van der Waals surface area contributed by atoms with Crippen molar-refractivity contribution < 1.29 is 38.5 Å². The normalized spacial score (nSPS) is 13.9. The van der Waals surface area contributed by atoms with Crippen molar-refractivity contribution in [3.63, 3.8) is 0 Å². The number of hydrogen-bond acceptors (Lipinski definition) is 8. The van der Waals surface area contributed by atoms with E-state index in [0.29, 0.717) is 17.9 Å². The molecule has 1 aromatic rings. The monoisotopic (exact) mass is 493 g/mol. The van der Waals surface area contributed by atoms with Crippen LogP contribution in [-0.2, 0) is 30.3 Å². The molecule has 1 rings (SSSR count). The molecule has 0 aliphatic rings. The lowest BCUT2D eigenvalue weighted by Gasteiger charge is -2.28. The zero-order chi connectivity index (χ0) is 26.9. The van der Waals surface area contributed by atoms with Crippen molar-refractivity contribution in [2.45, 2.75) is 85.8 Å². The first-order valence-corrected chi connectivity index (χ1v) is 11.9. The van der Waals surface area contributed by atoms with Gasteiger partial charge in [0.05, 0.1) is 11.8 Å². The summed E-state index contributed by atoms with van der Waals surface area (Å²) in [5.74, 6) is -3.18. The number of nitrogens with two attached hydrogens (primary N) is 1. The van der Waals surface area contributed by atoms with Gasteiger partial charge in [0.25, 0.3) is 0 Å². The zero-order valence-electron chi connectivity index (χ0n) is 21.8. The number of benzene rings is 1. The minimum atomic E-state index is -1.76. The summed E-state index contributed by atoms with van der Waals surface area (Å²) in [5, 5.41) is 9.85. The first-order valence-electron chi connectivity index (χ1n) is 11.9. The highest BCUT2D eigenvalue weighted by atomic mass is 16.6. The summed E-state index contributed by atoms with van der Waals surface area (Å²) < 4.78 is 16.1. The van der Waals surface area contributed by atoms with Crippen LogP contribution in [0.3, 0.4) is 0 Å². The van der Waals surface area contributed by atoms with Crippen molar-refractivity contribution in [1.82, 2.24) is 0 Å². The van der Waals surface area contributed by atoms with Gasteiger partial charge in [-0.1, -0.05) is 47.6 Å². The number of carbonyl (C=O) groups is 4. The van der Waals surface area contributed by atoms with Crippen LogP contribution in [0.15, 0.2) is 18.2 Å². The van der Waals surface area contributed by atoms with Crippen LogP contribution in [0.4, 0.5) is 0 Å². The Morgan fingerprint density at radius 2 is 1.46 bits per heavy atom. The molecule has 9 nitrogen and oxygen atoms in total. The summed E-state index contributed by atoms with van der Waals surface area (Å²) in [7, 11) is 0. The Kier molecular flexibility index (Phi) is 11.4. The fourth-order valence-corrected chi connectivity index (χ4v) is 3.12. The highest BCUT2D eigenvalue weighted by Gasteiger charge is 2.37. The highest BCUT2D eigenvalue weighted by molar-refractivity contribution is 5.80. The van der Waals surface area contributed by atoms with E-state index in [-0.39, 0.29) is 30.8 Å². The number of ether oxygens (including phenoxy) is 3. The Bertz CT molecular complexity index is 909. The van der Waals surface area contributed by atoms with Gasteiger partial charge in [0.15, 0.2) is 11.5 Å². The van der Waals surface area contributed by atoms with Gasteiger partial charge >= 0.3 is 23.9 Å². The number of rotatable bonds is 13. The molecule has 0 aromatic heterocycles. The van der Waals surface area contributed by atoms with E-state index in [0.717, 1.165) is 0 Å². The van der Waals surface area contributed by atoms with Crippen LogP contribution in [0.2, 0.25) is 0 Å². The molecule has 196 valence electrons. The molecule has 0 aliphatic carbocycles. The Morgan fingerprint density at radius 1 is 0.914 bits per heavy atom. The smallest absolute Gasteiger partial charge is 0.324 e. The molecular weight excluding hydrogens is 454 g/mol. The van der Waals surface area contributed by atoms with Gasteiger partial charge < -0.3 is 25.1 Å². The maximum Gasteiger partial charge on any atom is 0.324 e. The Morgan fingerprint density at radius 3 is 1.94 bits per heavy atom. The second-order valence-corrected chi connectivity index (χ2v) is 10.0. The van der Waals surface area contributed by atoms with E-state index >= 15 is 0 Å². The van der Waals surface area contributed by atoms with Crippen LogP contribution in [0.5, 0.6) is 11.5 Å². The van der Waals surface area contributed by atoms with Gasteiger partial charge in [0.2, 0.25) is 0 Å². The third kappa shape index (κ3) is 10.1. The molecule has 0 radical (unpaired) electrons. The molecule has 0 saturated carbocycles. The van der Waals surface area contributed by atoms with E-state index < -0.39 is 47.4 Å². The maximum absolute atomic E-state index is 12.2. The van der Waals surface area contributed by atoms with Crippen LogP contribution in [0, 0.1) is 17.8 Å². The molecule has 2 atom stereocenters. The number of carboxylic acid groups (broad SMARTS) is 1. The number of hydrogen-bond donors (Lipinski definition) is 2. The van der Waals surface area contributed by atoms with Gasteiger partial charge in [-0.15, -0.1) is 0 Å². The third-order valence-electron chi connectivity index (χ3n) is 5.23. The van der Waals surface area contributed by atoms with Gasteiger partial charge in [-0.25, -0.2) is 0 Å². The zero-order valence-corrected chi connectivity index (χ0v) is 21.8. The fraction of sp³-hybridized carbons (Fsp3) is 0.615. The van der Waals surface area contributed by atoms with Crippen molar-refractivity contribution in [3.8, 4) is 11.5 Å². The average Bonchev–Trinajstić information content (AvgIpc) is 2.73. The molecule has 1 unspecified atom stereocenters. The van der Waals surface area contributed by atoms with Crippen molar-refractivity contribution in [2.75, 3.05) is 0 Å². The van der Waals surface area contributed by atoms with Crippen molar-refractivity contribution >= 4 is 23.9 Å². The molecule has 3 N–H and O–H groups in total. The Labute approximate surface area is 207 Å². The van der Waals surface area contributed by atoms with Gasteiger partial charge in [-0.2, -0.15) is 0 Å². The topological polar surface area (TPSA) is 142 Å². The Balaban J connectivity index is 3.13. The summed E-state index contributed by atoms with van der Waals surface area (Å²) in [5.41, 5.74) is 4.94. The fourth-order valence-electron chi connectivity index (χ4n) is 3.12. The van der Waals surface area contributed by atoms with E-state index in [1.165, 1.54) is 12.1 Å². The van der Waals surface area contributed by atoms with Crippen LogP contribution in [-0.4, -0.2) is 40.6 Å².